The summed E-state index contributed by atoms with van der Waals surface area (Å²) in [5.74, 6) is -0.0103. The summed E-state index contributed by atoms with van der Waals surface area (Å²) in [5, 5.41) is 2.94. The fourth-order valence-corrected chi connectivity index (χ4v) is 6.91. The molecule has 0 spiro atoms. The summed E-state index contributed by atoms with van der Waals surface area (Å²) in [4.78, 5) is 46.3. The van der Waals surface area contributed by atoms with Gasteiger partial charge in [0.2, 0.25) is 5.91 Å². The van der Waals surface area contributed by atoms with E-state index in [9.17, 15) is 14.4 Å². The van der Waals surface area contributed by atoms with Crippen LogP contribution < -0.4 is 11.1 Å². The highest BCUT2D eigenvalue weighted by atomic mass is 16.6. The molecule has 10 nitrogen and oxygen atoms in total. The lowest BCUT2D eigenvalue weighted by Crippen LogP contribution is -2.55. The van der Waals surface area contributed by atoms with Gasteiger partial charge in [-0.3, -0.25) is 15.0 Å². The van der Waals surface area contributed by atoms with Crippen LogP contribution in [-0.4, -0.2) is 108 Å². The van der Waals surface area contributed by atoms with Gasteiger partial charge in [-0.2, -0.15) is 0 Å². The van der Waals surface area contributed by atoms with Crippen LogP contribution in [0.2, 0.25) is 0 Å². The Kier molecular flexibility index (Phi) is 10.4. The number of anilines is 1. The molecule has 238 valence electrons. The Labute approximate surface area is 261 Å². The molecule has 3 aliphatic heterocycles. The molecule has 3 heterocycles. The van der Waals surface area contributed by atoms with E-state index >= 15 is 0 Å². The smallest absolute Gasteiger partial charge is 0.411 e. The Morgan fingerprint density at radius 2 is 1.50 bits per heavy atom. The molecule has 3 aliphatic rings. The maximum atomic E-state index is 13.0. The van der Waals surface area contributed by atoms with Crippen molar-refractivity contribution in [2.75, 3.05) is 64.2 Å². The second-order valence-electron chi connectivity index (χ2n) is 12.6. The zero-order chi connectivity index (χ0) is 31.1. The van der Waals surface area contributed by atoms with Gasteiger partial charge in [0.1, 0.15) is 6.10 Å². The molecular weight excluding hydrogens is 556 g/mol. The number of nitrogens with two attached hydrogens (primary N) is 1. The topological polar surface area (TPSA) is 111 Å². The van der Waals surface area contributed by atoms with Crippen LogP contribution in [0.3, 0.4) is 0 Å². The summed E-state index contributed by atoms with van der Waals surface area (Å²) in [7, 11) is 0. The minimum Gasteiger partial charge on any atom is -0.446 e. The molecule has 0 radical (unpaired) electrons. The van der Waals surface area contributed by atoms with E-state index in [-0.39, 0.29) is 24.0 Å². The van der Waals surface area contributed by atoms with Gasteiger partial charge in [-0.15, -0.1) is 0 Å². The number of nitrogens with zero attached hydrogens (tertiary/aromatic N) is 4. The van der Waals surface area contributed by atoms with Crippen molar-refractivity contribution in [1.82, 2.24) is 19.6 Å². The Hall–Kier alpha value is -3.63. The zero-order valence-corrected chi connectivity index (χ0v) is 26.2. The Bertz CT molecular complexity index is 1280. The van der Waals surface area contributed by atoms with Crippen LogP contribution in [0.4, 0.5) is 15.3 Å². The molecule has 10 heteroatoms. The maximum absolute atomic E-state index is 13.0. The third kappa shape index (κ3) is 7.35. The van der Waals surface area contributed by atoms with Crippen LogP contribution in [0.25, 0.3) is 11.1 Å². The van der Waals surface area contributed by atoms with Gasteiger partial charge in [-0.05, 0) is 69.7 Å². The first-order valence-electron chi connectivity index (χ1n) is 16.2. The van der Waals surface area contributed by atoms with Gasteiger partial charge in [-0.1, -0.05) is 55.5 Å². The maximum Gasteiger partial charge on any atom is 0.411 e. The Morgan fingerprint density at radius 1 is 0.864 bits per heavy atom. The standard InChI is InChI=1S/C34H48N6O4/c1-26-14-23-40(34(26,2)31(35)41)20-9-19-39-25-24-38(33(39)43)18-8-17-37-21-15-28(16-22-37)44-32(42)36-30-13-7-6-12-29(30)27-10-4-3-5-11-27/h3-7,10-13,26,28H,8-9,14-25H2,1-2H3,(H2,35,41)(H,36,42). The van der Waals surface area contributed by atoms with Crippen LogP contribution >= 0.6 is 0 Å². The zero-order valence-electron chi connectivity index (χ0n) is 26.2. The number of likely N-dealkylation sites (tertiary alicyclic amines) is 2. The van der Waals surface area contributed by atoms with Crippen molar-refractivity contribution in [3.63, 3.8) is 0 Å². The van der Waals surface area contributed by atoms with Crippen LogP contribution in [0.1, 0.15) is 46.0 Å². The van der Waals surface area contributed by atoms with Crippen LogP contribution in [-0.2, 0) is 9.53 Å². The number of carbonyl (C=O) groups is 3. The first kappa shape index (κ1) is 31.8. The average molecular weight is 605 g/mol. The molecule has 3 fully saturated rings. The number of rotatable bonds is 12. The van der Waals surface area contributed by atoms with Gasteiger partial charge >= 0.3 is 12.1 Å². The second-order valence-corrected chi connectivity index (χ2v) is 12.6. The van der Waals surface area contributed by atoms with Crippen molar-refractivity contribution in [2.45, 2.75) is 57.6 Å². The molecule has 0 saturated carbocycles. The van der Waals surface area contributed by atoms with E-state index in [1.165, 1.54) is 0 Å². The summed E-state index contributed by atoms with van der Waals surface area (Å²) in [6.45, 7) is 11.3. The first-order valence-corrected chi connectivity index (χ1v) is 16.2. The van der Waals surface area contributed by atoms with Crippen LogP contribution in [0.5, 0.6) is 0 Å². The number of hydrogen-bond acceptors (Lipinski definition) is 6. The number of benzene rings is 2. The summed E-state index contributed by atoms with van der Waals surface area (Å²) in [6, 6.07) is 17.9. The number of amides is 4. The van der Waals surface area contributed by atoms with E-state index in [0.29, 0.717) is 6.54 Å². The predicted molar refractivity (Wildman–Crippen MR) is 172 cm³/mol. The second kappa shape index (κ2) is 14.4. The van der Waals surface area contributed by atoms with Crippen LogP contribution in [0.15, 0.2) is 54.6 Å². The van der Waals surface area contributed by atoms with Gasteiger partial charge in [0, 0.05) is 51.4 Å². The van der Waals surface area contributed by atoms with Crippen molar-refractivity contribution in [2.24, 2.45) is 11.7 Å². The van der Waals surface area contributed by atoms with Crippen molar-refractivity contribution in [3.05, 3.63) is 54.6 Å². The first-order chi connectivity index (χ1) is 21.3. The molecular formula is C34H48N6O4. The minimum atomic E-state index is -0.594. The SMILES string of the molecule is CC1CCN(CCCN2CCN(CCCN3CCC(OC(=O)Nc4ccccc4-c4ccccc4)CC3)C2=O)C1(C)C(N)=O. The van der Waals surface area contributed by atoms with Crippen molar-refractivity contribution in [3.8, 4) is 11.1 Å². The molecule has 3 N–H and O–H groups in total. The monoisotopic (exact) mass is 604 g/mol. The molecule has 2 atom stereocenters. The molecule has 2 unspecified atom stereocenters. The molecule has 0 bridgehead atoms. The Balaban J connectivity index is 0.972. The number of urea groups is 1. The number of piperidine rings is 1. The molecule has 0 aliphatic carbocycles. The van der Waals surface area contributed by atoms with Crippen molar-refractivity contribution >= 4 is 23.7 Å². The summed E-state index contributed by atoms with van der Waals surface area (Å²) in [5.41, 5.74) is 7.89. The lowest BCUT2D eigenvalue weighted by molar-refractivity contribution is -0.129. The third-order valence-electron chi connectivity index (χ3n) is 9.94. The van der Waals surface area contributed by atoms with Crippen molar-refractivity contribution in [1.29, 1.82) is 0 Å². The molecule has 0 aromatic heterocycles. The highest BCUT2D eigenvalue weighted by Crippen LogP contribution is 2.34. The van der Waals surface area contributed by atoms with E-state index in [1.54, 1.807) is 0 Å². The quantitative estimate of drug-likeness (QED) is 0.370. The van der Waals surface area contributed by atoms with E-state index < -0.39 is 11.6 Å². The van der Waals surface area contributed by atoms with Gasteiger partial charge < -0.3 is 25.2 Å². The largest absolute Gasteiger partial charge is 0.446 e. The van der Waals surface area contributed by atoms with Gasteiger partial charge in [0.25, 0.3) is 0 Å². The third-order valence-corrected chi connectivity index (χ3v) is 9.94. The number of nitrogens with one attached hydrogen (secondary N) is 1. The molecule has 4 amide bonds. The van der Waals surface area contributed by atoms with Gasteiger partial charge in [-0.25, -0.2) is 9.59 Å². The normalized spacial score (nSPS) is 23.3. The number of hydrogen-bond donors (Lipinski definition) is 2. The summed E-state index contributed by atoms with van der Waals surface area (Å²) < 4.78 is 5.78. The number of primary amides is 1. The number of ether oxygens (including phenoxy) is 1. The Morgan fingerprint density at radius 3 is 2.18 bits per heavy atom. The lowest BCUT2D eigenvalue weighted by atomic mass is 9.87. The van der Waals surface area contributed by atoms with Gasteiger partial charge in [0.05, 0.1) is 11.2 Å². The fourth-order valence-electron chi connectivity index (χ4n) is 6.91. The van der Waals surface area contributed by atoms with Crippen molar-refractivity contribution < 1.29 is 19.1 Å². The van der Waals surface area contributed by atoms with E-state index in [0.717, 1.165) is 101 Å². The highest BCUT2D eigenvalue weighted by Gasteiger charge is 2.47. The van der Waals surface area contributed by atoms with Gasteiger partial charge in [0.15, 0.2) is 0 Å². The average Bonchev–Trinajstić information content (AvgIpc) is 3.53. The van der Waals surface area contributed by atoms with Crippen LogP contribution in [0, 0.1) is 5.92 Å². The highest BCUT2D eigenvalue weighted by molar-refractivity contribution is 5.91. The molecule has 2 aromatic carbocycles. The molecule has 44 heavy (non-hydrogen) atoms. The fraction of sp³-hybridized carbons (Fsp3) is 0.559. The van der Waals surface area contributed by atoms with E-state index in [2.05, 4.69) is 22.0 Å². The van der Waals surface area contributed by atoms with E-state index in [4.69, 9.17) is 10.5 Å². The molecule has 5 rings (SSSR count). The molecule has 3 saturated heterocycles. The van der Waals surface area contributed by atoms with E-state index in [1.807, 2.05) is 71.3 Å². The summed E-state index contributed by atoms with van der Waals surface area (Å²) >= 11 is 0. The number of para-hydroxylation sites is 1. The summed E-state index contributed by atoms with van der Waals surface area (Å²) in [6.07, 6.45) is 3.81. The number of carbonyl (C=O) groups excluding carboxylic acids is 3. The lowest BCUT2D eigenvalue weighted by Gasteiger charge is -2.35. The predicted octanol–water partition coefficient (Wildman–Crippen LogP) is 4.47. The minimum absolute atomic E-state index is 0.103. The molecule has 2 aromatic rings.